The maximum Gasteiger partial charge on any atom is 0.236 e. The summed E-state index contributed by atoms with van der Waals surface area (Å²) >= 11 is 0. The van der Waals surface area contributed by atoms with Crippen LogP contribution < -0.4 is 10.6 Å². The first kappa shape index (κ1) is 11.1. The summed E-state index contributed by atoms with van der Waals surface area (Å²) in [7, 11) is 1.78. The van der Waals surface area contributed by atoms with Gasteiger partial charge in [0.2, 0.25) is 5.91 Å². The van der Waals surface area contributed by atoms with Gasteiger partial charge < -0.3 is 10.6 Å². The Balaban J connectivity index is 2.93. The number of carbonyl (C=O) groups excluding carboxylic acids is 1. The number of nitriles is 1. The maximum absolute atomic E-state index is 10.7. The molecule has 0 aliphatic carbocycles. The van der Waals surface area contributed by atoms with Crippen LogP contribution in [0.1, 0.15) is 11.1 Å². The zero-order valence-electron chi connectivity index (χ0n) is 8.82. The highest BCUT2D eigenvalue weighted by Crippen LogP contribution is 2.17. The lowest BCUT2D eigenvalue weighted by molar-refractivity contribution is -0.116. The number of hydrogen-bond acceptors (Lipinski definition) is 3. The normalized spacial score (nSPS) is 9.40. The first-order valence-corrected chi connectivity index (χ1v) is 4.55. The van der Waals surface area contributed by atoms with E-state index in [0.29, 0.717) is 5.56 Å². The fourth-order valence-corrected chi connectivity index (χ4v) is 1.34. The van der Waals surface area contributed by atoms with E-state index in [2.05, 4.69) is 6.07 Å². The Morgan fingerprint density at radius 3 is 2.73 bits per heavy atom. The molecule has 0 unspecified atom stereocenters. The zero-order chi connectivity index (χ0) is 11.4. The molecule has 0 bridgehead atoms. The molecule has 0 aliphatic rings. The highest BCUT2D eigenvalue weighted by atomic mass is 16.1. The van der Waals surface area contributed by atoms with Crippen molar-refractivity contribution >= 4 is 11.6 Å². The predicted octanol–water partition coefficient (Wildman–Crippen LogP) is 0.788. The number of aryl methyl sites for hydroxylation is 1. The van der Waals surface area contributed by atoms with Crippen LogP contribution in [0.2, 0.25) is 0 Å². The molecule has 4 nitrogen and oxygen atoms in total. The Morgan fingerprint density at radius 1 is 1.60 bits per heavy atom. The topological polar surface area (TPSA) is 70.1 Å². The summed E-state index contributed by atoms with van der Waals surface area (Å²) in [5, 5.41) is 8.76. The average molecular weight is 203 g/mol. The molecule has 1 rings (SSSR count). The molecule has 0 radical (unpaired) electrons. The van der Waals surface area contributed by atoms with Crippen molar-refractivity contribution in [3.8, 4) is 6.07 Å². The number of primary amides is 1. The van der Waals surface area contributed by atoms with Gasteiger partial charge in [-0.15, -0.1) is 0 Å². The summed E-state index contributed by atoms with van der Waals surface area (Å²) in [5.41, 5.74) is 7.51. The van der Waals surface area contributed by atoms with E-state index >= 15 is 0 Å². The summed E-state index contributed by atoms with van der Waals surface area (Å²) in [6.07, 6.45) is 0. The summed E-state index contributed by atoms with van der Waals surface area (Å²) < 4.78 is 0. The van der Waals surface area contributed by atoms with Gasteiger partial charge in [0.25, 0.3) is 0 Å². The van der Waals surface area contributed by atoms with Crippen LogP contribution in [0.15, 0.2) is 18.2 Å². The lowest BCUT2D eigenvalue weighted by atomic mass is 10.1. The number of amides is 1. The number of nitrogens with zero attached hydrogens (tertiary/aromatic N) is 2. The second-order valence-corrected chi connectivity index (χ2v) is 3.43. The summed E-state index contributed by atoms with van der Waals surface area (Å²) in [6.45, 7) is 2.03. The van der Waals surface area contributed by atoms with Gasteiger partial charge in [0, 0.05) is 12.7 Å². The fraction of sp³-hybridized carbons (Fsp3) is 0.273. The minimum Gasteiger partial charge on any atom is -0.368 e. The van der Waals surface area contributed by atoms with Gasteiger partial charge in [0.1, 0.15) is 0 Å². The van der Waals surface area contributed by atoms with Gasteiger partial charge in [0.05, 0.1) is 18.2 Å². The van der Waals surface area contributed by atoms with Gasteiger partial charge in [-0.3, -0.25) is 4.79 Å². The molecule has 0 atom stereocenters. The van der Waals surface area contributed by atoms with E-state index < -0.39 is 0 Å². The molecule has 0 aromatic heterocycles. The highest BCUT2D eigenvalue weighted by Gasteiger charge is 2.05. The van der Waals surface area contributed by atoms with Gasteiger partial charge >= 0.3 is 0 Å². The Bertz CT molecular complexity index is 420. The zero-order valence-corrected chi connectivity index (χ0v) is 8.82. The average Bonchev–Trinajstić information content (AvgIpc) is 2.16. The molecule has 0 fully saturated rings. The molecule has 2 N–H and O–H groups in total. The molecule has 1 aromatic rings. The quantitative estimate of drug-likeness (QED) is 0.789. The number of hydrogen-bond donors (Lipinski definition) is 1. The minimum absolute atomic E-state index is 0.172. The van der Waals surface area contributed by atoms with Crippen molar-refractivity contribution in [3.05, 3.63) is 29.3 Å². The van der Waals surface area contributed by atoms with E-state index in [1.165, 1.54) is 0 Å². The highest BCUT2D eigenvalue weighted by molar-refractivity contribution is 5.79. The van der Waals surface area contributed by atoms with Crippen molar-refractivity contribution in [2.45, 2.75) is 6.92 Å². The van der Waals surface area contributed by atoms with E-state index in [-0.39, 0.29) is 12.5 Å². The van der Waals surface area contributed by atoms with Crippen LogP contribution >= 0.6 is 0 Å². The van der Waals surface area contributed by atoms with Crippen LogP contribution in [0.3, 0.4) is 0 Å². The van der Waals surface area contributed by atoms with Crippen LogP contribution in [0, 0.1) is 18.3 Å². The summed E-state index contributed by atoms with van der Waals surface area (Å²) in [6, 6.07) is 7.49. The van der Waals surface area contributed by atoms with Crippen LogP contribution in [0.4, 0.5) is 5.69 Å². The Hall–Kier alpha value is -2.02. The van der Waals surface area contributed by atoms with Crippen molar-refractivity contribution in [1.82, 2.24) is 0 Å². The molecule has 0 aliphatic heterocycles. The van der Waals surface area contributed by atoms with E-state index in [1.807, 2.05) is 13.0 Å². The molecule has 78 valence electrons. The molecule has 0 saturated heterocycles. The van der Waals surface area contributed by atoms with Crippen LogP contribution in [-0.2, 0) is 4.79 Å². The molecule has 0 saturated carbocycles. The lowest BCUT2D eigenvalue weighted by Gasteiger charge is -2.17. The number of likely N-dealkylation sites (N-methyl/N-ethyl adjacent to an activating group) is 1. The van der Waals surface area contributed by atoms with Gasteiger partial charge in [-0.1, -0.05) is 0 Å². The van der Waals surface area contributed by atoms with Crippen LogP contribution in [0.25, 0.3) is 0 Å². The predicted molar refractivity (Wildman–Crippen MR) is 58.4 cm³/mol. The number of carbonyl (C=O) groups is 1. The largest absolute Gasteiger partial charge is 0.368 e. The van der Waals surface area contributed by atoms with Crippen molar-refractivity contribution in [3.63, 3.8) is 0 Å². The standard InChI is InChI=1S/C11H13N3O/c1-8-5-10(4-3-9(8)6-12)14(2)7-11(13)15/h3-5H,7H2,1-2H3,(H2,13,15). The molecule has 0 spiro atoms. The Morgan fingerprint density at radius 2 is 2.27 bits per heavy atom. The molecule has 15 heavy (non-hydrogen) atoms. The first-order valence-electron chi connectivity index (χ1n) is 4.55. The molecular weight excluding hydrogens is 190 g/mol. The van der Waals surface area contributed by atoms with Crippen molar-refractivity contribution in [2.75, 3.05) is 18.5 Å². The SMILES string of the molecule is Cc1cc(N(C)CC(N)=O)ccc1C#N. The van der Waals surface area contributed by atoms with Gasteiger partial charge in [-0.25, -0.2) is 0 Å². The van der Waals surface area contributed by atoms with Gasteiger partial charge in [-0.05, 0) is 30.7 Å². The lowest BCUT2D eigenvalue weighted by Crippen LogP contribution is -2.30. The number of nitrogens with two attached hydrogens (primary N) is 1. The van der Waals surface area contributed by atoms with Crippen molar-refractivity contribution in [2.24, 2.45) is 5.73 Å². The van der Waals surface area contributed by atoms with Gasteiger partial charge in [-0.2, -0.15) is 5.26 Å². The van der Waals surface area contributed by atoms with E-state index in [1.54, 1.807) is 24.1 Å². The second kappa shape index (κ2) is 4.47. The minimum atomic E-state index is -0.375. The molecule has 0 heterocycles. The second-order valence-electron chi connectivity index (χ2n) is 3.43. The molecular formula is C11H13N3O. The molecule has 1 aromatic carbocycles. The van der Waals surface area contributed by atoms with Gasteiger partial charge in [0.15, 0.2) is 0 Å². The van der Waals surface area contributed by atoms with E-state index in [0.717, 1.165) is 11.3 Å². The summed E-state index contributed by atoms with van der Waals surface area (Å²) in [5.74, 6) is -0.375. The number of rotatable bonds is 3. The Labute approximate surface area is 88.9 Å². The number of anilines is 1. The van der Waals surface area contributed by atoms with E-state index in [9.17, 15) is 4.79 Å². The third-order valence-electron chi connectivity index (χ3n) is 2.16. The first-order chi connectivity index (χ1) is 7.04. The smallest absolute Gasteiger partial charge is 0.236 e. The fourth-order valence-electron chi connectivity index (χ4n) is 1.34. The molecule has 4 heteroatoms. The molecule has 1 amide bonds. The van der Waals surface area contributed by atoms with Crippen LogP contribution in [-0.4, -0.2) is 19.5 Å². The Kier molecular flexibility index (Phi) is 3.29. The van der Waals surface area contributed by atoms with E-state index in [4.69, 9.17) is 11.0 Å². The maximum atomic E-state index is 10.7. The third-order valence-corrected chi connectivity index (χ3v) is 2.16. The monoisotopic (exact) mass is 203 g/mol. The summed E-state index contributed by atoms with van der Waals surface area (Å²) in [4.78, 5) is 12.5. The van der Waals surface area contributed by atoms with Crippen molar-refractivity contribution < 1.29 is 4.79 Å². The van der Waals surface area contributed by atoms with Crippen LogP contribution in [0.5, 0.6) is 0 Å². The van der Waals surface area contributed by atoms with Crippen molar-refractivity contribution in [1.29, 1.82) is 5.26 Å². The number of benzene rings is 1. The third kappa shape index (κ3) is 2.71.